The van der Waals surface area contributed by atoms with Crippen molar-refractivity contribution in [2.75, 3.05) is 17.3 Å². The zero-order valence-electron chi connectivity index (χ0n) is 19.8. The van der Waals surface area contributed by atoms with Crippen LogP contribution in [0.15, 0.2) is 88.5 Å². The van der Waals surface area contributed by atoms with Gasteiger partial charge in [-0.3, -0.25) is 19.3 Å². The number of halogens is 1. The van der Waals surface area contributed by atoms with Gasteiger partial charge in [-0.25, -0.2) is 0 Å². The molecule has 2 N–H and O–H groups in total. The molecule has 2 amide bonds. The molecule has 0 spiro atoms. The van der Waals surface area contributed by atoms with E-state index >= 15 is 0 Å². The average molecular weight is 517 g/mol. The van der Waals surface area contributed by atoms with Gasteiger partial charge < -0.3 is 19.6 Å². The highest BCUT2D eigenvalue weighted by atomic mass is 35.5. The number of carbonyl (C=O) groups is 3. The van der Waals surface area contributed by atoms with Gasteiger partial charge in [0, 0.05) is 28.7 Å². The molecule has 1 aliphatic heterocycles. The number of fused-ring (bicyclic) bond motifs is 1. The second-order valence-corrected chi connectivity index (χ2v) is 8.90. The van der Waals surface area contributed by atoms with Crippen molar-refractivity contribution < 1.29 is 28.6 Å². The third kappa shape index (κ3) is 4.43. The number of nitrogens with zero attached hydrogens (tertiary/aromatic N) is 1. The lowest BCUT2D eigenvalue weighted by molar-refractivity contribution is -0.117. The number of aliphatic hydroxyl groups excluding tert-OH is 1. The van der Waals surface area contributed by atoms with Gasteiger partial charge in [0.1, 0.15) is 11.3 Å². The summed E-state index contributed by atoms with van der Waals surface area (Å²) < 4.78 is 11.0. The Hall–Kier alpha value is -4.56. The monoisotopic (exact) mass is 516 g/mol. The maximum atomic E-state index is 13.7. The van der Waals surface area contributed by atoms with Crippen molar-refractivity contribution in [3.63, 3.8) is 0 Å². The smallest absolute Gasteiger partial charge is 0.294 e. The molecular formula is C28H21ClN2O6. The van der Waals surface area contributed by atoms with Crippen LogP contribution in [0.1, 0.15) is 29.1 Å². The maximum absolute atomic E-state index is 13.7. The van der Waals surface area contributed by atoms with E-state index in [4.69, 9.17) is 20.8 Å². The molecule has 2 heterocycles. The number of furan rings is 1. The van der Waals surface area contributed by atoms with Gasteiger partial charge in [0.15, 0.2) is 11.5 Å². The zero-order valence-corrected chi connectivity index (χ0v) is 20.6. The number of ether oxygens (including phenoxy) is 1. The Labute approximate surface area is 216 Å². The molecule has 0 aliphatic carbocycles. The van der Waals surface area contributed by atoms with Crippen molar-refractivity contribution in [3.8, 4) is 5.75 Å². The molecule has 9 heteroatoms. The fourth-order valence-corrected chi connectivity index (χ4v) is 4.58. The number of Topliss-reactive ketones (excluding diaryl/α,β-unsaturated/α-hetero) is 1. The predicted octanol–water partition coefficient (Wildman–Crippen LogP) is 5.84. The fraction of sp³-hybridized carbons (Fsp3) is 0.107. The molecule has 3 aromatic carbocycles. The summed E-state index contributed by atoms with van der Waals surface area (Å²) in [7, 11) is 1.53. The van der Waals surface area contributed by atoms with E-state index in [9.17, 15) is 19.5 Å². The number of anilines is 2. The number of aliphatic hydroxyl groups is 1. The second-order valence-electron chi connectivity index (χ2n) is 8.47. The molecule has 4 aromatic rings. The van der Waals surface area contributed by atoms with Gasteiger partial charge in [-0.2, -0.15) is 0 Å². The average Bonchev–Trinajstić information content (AvgIpc) is 3.42. The van der Waals surface area contributed by atoms with Gasteiger partial charge in [-0.1, -0.05) is 29.8 Å². The number of benzene rings is 3. The highest BCUT2D eigenvalue weighted by Gasteiger charge is 2.45. The van der Waals surface area contributed by atoms with Crippen LogP contribution in [-0.2, 0) is 9.59 Å². The van der Waals surface area contributed by atoms with Crippen LogP contribution in [0.2, 0.25) is 5.02 Å². The lowest BCUT2D eigenvalue weighted by atomic mass is 9.94. The Bertz CT molecular complexity index is 1590. The first-order chi connectivity index (χ1) is 17.8. The first-order valence-corrected chi connectivity index (χ1v) is 11.7. The van der Waals surface area contributed by atoms with E-state index in [2.05, 4.69) is 5.32 Å². The molecule has 0 bridgehead atoms. The van der Waals surface area contributed by atoms with E-state index in [0.717, 1.165) is 0 Å². The van der Waals surface area contributed by atoms with Crippen LogP contribution in [0.4, 0.5) is 11.4 Å². The summed E-state index contributed by atoms with van der Waals surface area (Å²) >= 11 is 6.07. The standard InChI is InChI=1S/C28H21ClN2O6/c1-15(32)30-19-4-3-5-20(14-19)31-25(16-6-9-21(36-2)10-7-16)24(27(34)28(31)35)26(33)23-13-17-12-18(29)8-11-22(17)37-23/h3-14,25,34H,1-2H3,(H,30,32). The second kappa shape index (κ2) is 9.48. The minimum Gasteiger partial charge on any atom is -0.503 e. The molecule has 0 radical (unpaired) electrons. The quantitative estimate of drug-likeness (QED) is 0.312. The van der Waals surface area contributed by atoms with Gasteiger partial charge in [0.2, 0.25) is 11.7 Å². The van der Waals surface area contributed by atoms with Crippen molar-refractivity contribution in [2.45, 2.75) is 13.0 Å². The number of carbonyl (C=O) groups excluding carboxylic acids is 3. The number of amides is 2. The first-order valence-electron chi connectivity index (χ1n) is 11.3. The molecule has 186 valence electrons. The van der Waals surface area contributed by atoms with Crippen molar-refractivity contribution in [1.29, 1.82) is 0 Å². The number of hydrogen-bond acceptors (Lipinski definition) is 6. The van der Waals surface area contributed by atoms with Gasteiger partial charge >= 0.3 is 0 Å². The van der Waals surface area contributed by atoms with Crippen LogP contribution >= 0.6 is 11.6 Å². The fourth-order valence-electron chi connectivity index (χ4n) is 4.40. The zero-order chi connectivity index (χ0) is 26.3. The number of hydrogen-bond donors (Lipinski definition) is 2. The van der Waals surface area contributed by atoms with Crippen molar-refractivity contribution in [1.82, 2.24) is 0 Å². The summed E-state index contributed by atoms with van der Waals surface area (Å²) in [6, 6.07) is 18.9. The Balaban J connectivity index is 1.64. The van der Waals surface area contributed by atoms with Crippen LogP contribution in [0.3, 0.4) is 0 Å². The molecule has 1 atom stereocenters. The highest BCUT2D eigenvalue weighted by Crippen LogP contribution is 2.43. The number of nitrogens with one attached hydrogen (secondary N) is 1. The summed E-state index contributed by atoms with van der Waals surface area (Å²) in [5.41, 5.74) is 1.71. The van der Waals surface area contributed by atoms with Crippen molar-refractivity contribution in [3.05, 3.63) is 100 Å². The van der Waals surface area contributed by atoms with Gasteiger partial charge in [0.25, 0.3) is 5.91 Å². The van der Waals surface area contributed by atoms with E-state index in [1.807, 2.05) is 0 Å². The number of methoxy groups -OCH3 is 1. The lowest BCUT2D eigenvalue weighted by Crippen LogP contribution is -2.31. The topological polar surface area (TPSA) is 109 Å². The molecule has 1 aliphatic rings. The SMILES string of the molecule is COc1ccc(C2C(C(=O)c3cc4cc(Cl)ccc4o3)=C(O)C(=O)N2c2cccc(NC(C)=O)c2)cc1. The van der Waals surface area contributed by atoms with Gasteiger partial charge in [0.05, 0.1) is 18.7 Å². The Kier molecular flexibility index (Phi) is 6.19. The summed E-state index contributed by atoms with van der Waals surface area (Å²) in [5.74, 6) is -1.82. The molecule has 0 saturated heterocycles. The third-order valence-corrected chi connectivity index (χ3v) is 6.27. The summed E-state index contributed by atoms with van der Waals surface area (Å²) in [4.78, 5) is 40.1. The Morgan fingerprint density at radius 1 is 1.05 bits per heavy atom. The Morgan fingerprint density at radius 2 is 1.81 bits per heavy atom. The van der Waals surface area contributed by atoms with E-state index < -0.39 is 23.5 Å². The molecular weight excluding hydrogens is 496 g/mol. The minimum atomic E-state index is -0.977. The highest BCUT2D eigenvalue weighted by molar-refractivity contribution is 6.31. The van der Waals surface area contributed by atoms with Crippen LogP contribution in [0.25, 0.3) is 11.0 Å². The molecule has 0 saturated carbocycles. The molecule has 1 aromatic heterocycles. The van der Waals surface area contributed by atoms with Crippen LogP contribution in [-0.4, -0.2) is 29.8 Å². The van der Waals surface area contributed by atoms with Crippen LogP contribution in [0.5, 0.6) is 5.75 Å². The van der Waals surface area contributed by atoms with E-state index in [0.29, 0.717) is 38.7 Å². The normalized spacial score (nSPS) is 15.4. The summed E-state index contributed by atoms with van der Waals surface area (Å²) in [6.45, 7) is 1.37. The molecule has 5 rings (SSSR count). The summed E-state index contributed by atoms with van der Waals surface area (Å²) in [6.07, 6.45) is 0. The van der Waals surface area contributed by atoms with Gasteiger partial charge in [-0.05, 0) is 60.2 Å². The van der Waals surface area contributed by atoms with Crippen molar-refractivity contribution in [2.24, 2.45) is 0 Å². The first kappa shape index (κ1) is 24.1. The Morgan fingerprint density at radius 3 is 2.51 bits per heavy atom. The van der Waals surface area contributed by atoms with Crippen LogP contribution < -0.4 is 15.0 Å². The van der Waals surface area contributed by atoms with Gasteiger partial charge in [-0.15, -0.1) is 0 Å². The van der Waals surface area contributed by atoms with E-state index in [-0.39, 0.29) is 17.2 Å². The molecule has 0 fully saturated rings. The van der Waals surface area contributed by atoms with E-state index in [1.54, 1.807) is 66.7 Å². The molecule has 37 heavy (non-hydrogen) atoms. The molecule has 1 unspecified atom stereocenters. The third-order valence-electron chi connectivity index (χ3n) is 6.03. The minimum absolute atomic E-state index is 0.0426. The maximum Gasteiger partial charge on any atom is 0.294 e. The largest absolute Gasteiger partial charge is 0.503 e. The predicted molar refractivity (Wildman–Crippen MR) is 139 cm³/mol. The summed E-state index contributed by atoms with van der Waals surface area (Å²) in [5, 5.41) is 14.8. The number of ketones is 1. The van der Waals surface area contributed by atoms with Crippen LogP contribution in [0, 0.1) is 0 Å². The van der Waals surface area contributed by atoms with Crippen molar-refractivity contribution >= 4 is 51.5 Å². The molecule has 8 nitrogen and oxygen atoms in total. The number of rotatable bonds is 6. The van der Waals surface area contributed by atoms with E-state index in [1.165, 1.54) is 25.0 Å². The lowest BCUT2D eigenvalue weighted by Gasteiger charge is -2.27.